The number of hydrogen-bond donors (Lipinski definition) is 1. The van der Waals surface area contributed by atoms with Crippen molar-refractivity contribution < 1.29 is 8.42 Å². The van der Waals surface area contributed by atoms with E-state index in [1.54, 1.807) is 7.05 Å². The van der Waals surface area contributed by atoms with Gasteiger partial charge in [-0.3, -0.25) is 4.99 Å². The van der Waals surface area contributed by atoms with Crippen LogP contribution in [0.2, 0.25) is 0 Å². The summed E-state index contributed by atoms with van der Waals surface area (Å²) in [5, 5.41) is 3.29. The summed E-state index contributed by atoms with van der Waals surface area (Å²) in [7, 11) is 2.90. The predicted octanol–water partition coefficient (Wildman–Crippen LogP) is 1.85. The lowest BCUT2D eigenvalue weighted by molar-refractivity contribution is 0.451. The zero-order valence-corrected chi connectivity index (χ0v) is 18.4. The second kappa shape index (κ2) is 8.70. The van der Waals surface area contributed by atoms with E-state index in [1.165, 1.54) is 5.69 Å². The molecule has 0 saturated carbocycles. The molecule has 2 heterocycles. The molecule has 6 nitrogen and oxygen atoms in total. The van der Waals surface area contributed by atoms with Gasteiger partial charge in [0.2, 0.25) is 0 Å². The van der Waals surface area contributed by atoms with Crippen LogP contribution in [0.25, 0.3) is 0 Å². The van der Waals surface area contributed by atoms with Gasteiger partial charge in [0.1, 0.15) is 0 Å². The number of nitrogens with one attached hydrogen (secondary N) is 1. The van der Waals surface area contributed by atoms with Crippen LogP contribution in [-0.2, 0) is 23.4 Å². The largest absolute Gasteiger partial charge is 0.356 e. The standard InChI is InChI=1S/C14H23BrN4O2S.HI/c1-16-14(17-7-11-4-5-22(20,21)10-11)19(3)9-13-6-12(15)8-18(13)2;/h6,8,11H,4-5,7,9-10H2,1-3H3,(H,16,17);1H. The van der Waals surface area contributed by atoms with E-state index >= 15 is 0 Å². The highest BCUT2D eigenvalue weighted by molar-refractivity contribution is 14.0. The molecule has 1 aromatic heterocycles. The molecular formula is C14H24BrIN4O2S. The third kappa shape index (κ3) is 5.93. The minimum atomic E-state index is -2.82. The topological polar surface area (TPSA) is 66.7 Å². The van der Waals surface area contributed by atoms with Crippen LogP contribution in [0.15, 0.2) is 21.7 Å². The molecule has 9 heteroatoms. The van der Waals surface area contributed by atoms with E-state index < -0.39 is 9.84 Å². The molecule has 1 aliphatic rings. The highest BCUT2D eigenvalue weighted by atomic mass is 127. The summed E-state index contributed by atoms with van der Waals surface area (Å²) >= 11 is 3.47. The lowest BCUT2D eigenvalue weighted by atomic mass is 10.1. The number of halogens is 2. The van der Waals surface area contributed by atoms with Crippen molar-refractivity contribution in [2.24, 2.45) is 18.0 Å². The summed E-state index contributed by atoms with van der Waals surface area (Å²) in [6.45, 7) is 1.37. The first-order chi connectivity index (χ1) is 10.3. The lowest BCUT2D eigenvalue weighted by Crippen LogP contribution is -2.41. The fourth-order valence-corrected chi connectivity index (χ4v) is 5.13. The monoisotopic (exact) mass is 518 g/mol. The van der Waals surface area contributed by atoms with Gasteiger partial charge in [0.25, 0.3) is 0 Å². The van der Waals surface area contributed by atoms with Crippen LogP contribution in [0.1, 0.15) is 12.1 Å². The third-order valence-corrected chi connectivity index (χ3v) is 6.19. The van der Waals surface area contributed by atoms with E-state index in [2.05, 4.69) is 36.9 Å². The van der Waals surface area contributed by atoms with Crippen molar-refractivity contribution in [1.82, 2.24) is 14.8 Å². The second-order valence-electron chi connectivity index (χ2n) is 5.81. The minimum Gasteiger partial charge on any atom is -0.356 e. The van der Waals surface area contributed by atoms with Crippen molar-refractivity contribution in [2.75, 3.05) is 32.1 Å². The number of aromatic nitrogens is 1. The third-order valence-electron chi connectivity index (χ3n) is 3.92. The molecule has 0 bridgehead atoms. The summed E-state index contributed by atoms with van der Waals surface area (Å²) in [4.78, 5) is 6.31. The Balaban J connectivity index is 0.00000264. The van der Waals surface area contributed by atoms with Crippen molar-refractivity contribution in [3.8, 4) is 0 Å². The number of sulfone groups is 1. The molecule has 1 unspecified atom stereocenters. The van der Waals surface area contributed by atoms with Crippen molar-refractivity contribution in [2.45, 2.75) is 13.0 Å². The Morgan fingerprint density at radius 3 is 2.74 bits per heavy atom. The molecule has 1 N–H and O–H groups in total. The molecule has 1 aliphatic heterocycles. The van der Waals surface area contributed by atoms with Crippen LogP contribution in [0.4, 0.5) is 0 Å². The average Bonchev–Trinajstić information content (AvgIpc) is 2.92. The maximum Gasteiger partial charge on any atom is 0.193 e. The Labute approximate surface area is 163 Å². The average molecular weight is 519 g/mol. The van der Waals surface area contributed by atoms with Crippen LogP contribution >= 0.6 is 39.9 Å². The molecule has 1 saturated heterocycles. The van der Waals surface area contributed by atoms with Crippen molar-refractivity contribution in [3.05, 3.63) is 22.4 Å². The highest BCUT2D eigenvalue weighted by Crippen LogP contribution is 2.18. The fourth-order valence-electron chi connectivity index (χ4n) is 2.69. The summed E-state index contributed by atoms with van der Waals surface area (Å²) in [5.41, 5.74) is 1.17. The van der Waals surface area contributed by atoms with Crippen molar-refractivity contribution >= 4 is 55.7 Å². The van der Waals surface area contributed by atoms with E-state index in [0.29, 0.717) is 12.3 Å². The van der Waals surface area contributed by atoms with Gasteiger partial charge in [-0.15, -0.1) is 24.0 Å². The summed E-state index contributed by atoms with van der Waals surface area (Å²) in [5.74, 6) is 1.55. The van der Waals surface area contributed by atoms with Gasteiger partial charge >= 0.3 is 0 Å². The van der Waals surface area contributed by atoms with Crippen molar-refractivity contribution in [3.63, 3.8) is 0 Å². The molecule has 0 aliphatic carbocycles. The molecule has 0 amide bonds. The van der Waals surface area contributed by atoms with Crippen LogP contribution in [0, 0.1) is 5.92 Å². The van der Waals surface area contributed by atoms with Gasteiger partial charge in [-0.25, -0.2) is 8.42 Å². The number of aliphatic imine (C=N–C) groups is 1. The molecule has 1 aromatic rings. The molecule has 23 heavy (non-hydrogen) atoms. The van der Waals surface area contributed by atoms with Gasteiger partial charge in [-0.05, 0) is 34.3 Å². The Kier molecular flexibility index (Phi) is 7.85. The van der Waals surface area contributed by atoms with Gasteiger partial charge in [0, 0.05) is 44.1 Å². The second-order valence-corrected chi connectivity index (χ2v) is 8.96. The fraction of sp³-hybridized carbons (Fsp3) is 0.643. The number of aryl methyl sites for hydroxylation is 1. The van der Waals surface area contributed by atoms with E-state index in [1.807, 2.05) is 25.2 Å². The Morgan fingerprint density at radius 2 is 2.26 bits per heavy atom. The Morgan fingerprint density at radius 1 is 1.57 bits per heavy atom. The van der Waals surface area contributed by atoms with Crippen LogP contribution in [-0.4, -0.2) is 56.0 Å². The van der Waals surface area contributed by atoms with Gasteiger partial charge in [-0.2, -0.15) is 0 Å². The summed E-state index contributed by atoms with van der Waals surface area (Å²) < 4.78 is 26.1. The molecule has 0 spiro atoms. The highest BCUT2D eigenvalue weighted by Gasteiger charge is 2.27. The van der Waals surface area contributed by atoms with Gasteiger partial charge in [0.15, 0.2) is 15.8 Å². The van der Waals surface area contributed by atoms with E-state index in [0.717, 1.165) is 23.4 Å². The first-order valence-electron chi connectivity index (χ1n) is 7.23. The molecule has 1 atom stereocenters. The summed E-state index contributed by atoms with van der Waals surface area (Å²) in [6.07, 6.45) is 2.75. The quantitative estimate of drug-likeness (QED) is 0.375. The van der Waals surface area contributed by atoms with Crippen LogP contribution in [0.3, 0.4) is 0 Å². The maximum atomic E-state index is 11.5. The molecular weight excluding hydrogens is 495 g/mol. The van der Waals surface area contributed by atoms with E-state index in [4.69, 9.17) is 0 Å². The van der Waals surface area contributed by atoms with E-state index in [-0.39, 0.29) is 35.6 Å². The van der Waals surface area contributed by atoms with Crippen LogP contribution < -0.4 is 5.32 Å². The maximum absolute atomic E-state index is 11.5. The Hall–Kier alpha value is -0.290. The summed E-state index contributed by atoms with van der Waals surface area (Å²) in [6, 6.07) is 2.08. The molecule has 2 rings (SSSR count). The lowest BCUT2D eigenvalue weighted by Gasteiger charge is -2.23. The van der Waals surface area contributed by atoms with Crippen LogP contribution in [0.5, 0.6) is 0 Å². The molecule has 132 valence electrons. The molecule has 0 radical (unpaired) electrons. The first kappa shape index (κ1) is 20.8. The van der Waals surface area contributed by atoms with E-state index in [9.17, 15) is 8.42 Å². The van der Waals surface area contributed by atoms with Crippen molar-refractivity contribution in [1.29, 1.82) is 0 Å². The van der Waals surface area contributed by atoms with Gasteiger partial charge < -0.3 is 14.8 Å². The zero-order chi connectivity index (χ0) is 16.3. The smallest absolute Gasteiger partial charge is 0.193 e. The normalized spacial score (nSPS) is 20.2. The number of hydrogen-bond acceptors (Lipinski definition) is 3. The number of guanidine groups is 1. The van der Waals surface area contributed by atoms with Gasteiger partial charge in [0.05, 0.1) is 18.1 Å². The van der Waals surface area contributed by atoms with Gasteiger partial charge in [-0.1, -0.05) is 0 Å². The predicted molar refractivity (Wildman–Crippen MR) is 108 cm³/mol. The minimum absolute atomic E-state index is 0. The first-order valence-corrected chi connectivity index (χ1v) is 9.85. The molecule has 0 aromatic carbocycles. The SMILES string of the molecule is CN=C(NCC1CCS(=O)(=O)C1)N(C)Cc1cc(Br)cn1C.I. The number of nitrogens with zero attached hydrogens (tertiary/aromatic N) is 3. The zero-order valence-electron chi connectivity index (χ0n) is 13.6. The number of rotatable bonds is 4. The molecule has 1 fully saturated rings. The Bertz CT molecular complexity index is 660.